The molecule has 0 radical (unpaired) electrons. The topological polar surface area (TPSA) is 119 Å². The molecule has 0 spiro atoms. The zero-order valence-corrected chi connectivity index (χ0v) is 23.4. The van der Waals surface area contributed by atoms with Crippen LogP contribution in [0.1, 0.15) is 38.5 Å². The Labute approximate surface area is 238 Å². The van der Waals surface area contributed by atoms with Crippen molar-refractivity contribution in [1.29, 1.82) is 0 Å². The fourth-order valence-corrected chi connectivity index (χ4v) is 6.22. The van der Waals surface area contributed by atoms with Gasteiger partial charge in [0, 0.05) is 61.6 Å². The second-order valence-electron chi connectivity index (χ2n) is 11.4. The molecule has 3 N–H and O–H groups in total. The predicted molar refractivity (Wildman–Crippen MR) is 162 cm³/mol. The Morgan fingerprint density at radius 2 is 1.90 bits per heavy atom. The average Bonchev–Trinajstić information content (AvgIpc) is 3.62. The Kier molecular flexibility index (Phi) is 6.84. The molecule has 0 unspecified atom stereocenters. The van der Waals surface area contributed by atoms with Crippen LogP contribution in [0.15, 0.2) is 48.9 Å². The summed E-state index contributed by atoms with van der Waals surface area (Å²) >= 11 is 0. The summed E-state index contributed by atoms with van der Waals surface area (Å²) in [6.07, 6.45) is 11.9. The number of rotatable bonds is 6. The van der Waals surface area contributed by atoms with E-state index in [1.807, 2.05) is 24.4 Å². The van der Waals surface area contributed by atoms with Crippen LogP contribution in [-0.4, -0.2) is 74.2 Å². The van der Waals surface area contributed by atoms with E-state index >= 15 is 0 Å². The monoisotopic (exact) mass is 549 g/mol. The van der Waals surface area contributed by atoms with Crippen molar-refractivity contribution in [3.05, 3.63) is 48.9 Å². The van der Waals surface area contributed by atoms with Gasteiger partial charge in [0.1, 0.15) is 16.9 Å². The third-order valence-electron chi connectivity index (χ3n) is 8.53. The van der Waals surface area contributed by atoms with E-state index < -0.39 is 0 Å². The molecule has 41 heavy (non-hydrogen) atoms. The number of aromatic amines is 2. The normalized spacial score (nSPS) is 17.0. The van der Waals surface area contributed by atoms with Crippen molar-refractivity contribution < 1.29 is 4.79 Å². The summed E-state index contributed by atoms with van der Waals surface area (Å²) in [5, 5.41) is 11.9. The van der Waals surface area contributed by atoms with E-state index in [2.05, 4.69) is 59.4 Å². The van der Waals surface area contributed by atoms with Gasteiger partial charge in [-0.1, -0.05) is 19.3 Å². The second kappa shape index (κ2) is 10.9. The molecule has 0 bridgehead atoms. The number of hydrogen-bond acceptors (Lipinski definition) is 7. The van der Waals surface area contributed by atoms with Crippen molar-refractivity contribution in [3.8, 4) is 22.6 Å². The lowest BCUT2D eigenvalue weighted by Gasteiger charge is -2.34. The Hall–Kier alpha value is -4.31. The Morgan fingerprint density at radius 1 is 1.05 bits per heavy atom. The largest absolute Gasteiger partial charge is 0.368 e. The summed E-state index contributed by atoms with van der Waals surface area (Å²) in [7, 11) is 2.17. The zero-order chi connectivity index (χ0) is 27.8. The number of pyridine rings is 3. The van der Waals surface area contributed by atoms with E-state index in [1.165, 1.54) is 24.9 Å². The zero-order valence-electron chi connectivity index (χ0n) is 23.4. The lowest BCUT2D eigenvalue weighted by molar-refractivity contribution is -0.117. The van der Waals surface area contributed by atoms with E-state index in [9.17, 15) is 4.79 Å². The van der Waals surface area contributed by atoms with Gasteiger partial charge < -0.3 is 20.1 Å². The summed E-state index contributed by atoms with van der Waals surface area (Å²) in [5.41, 5.74) is 7.55. The number of amides is 1. The molecule has 7 rings (SSSR count). The summed E-state index contributed by atoms with van der Waals surface area (Å²) in [6, 6.07) is 10.1. The highest BCUT2D eigenvalue weighted by molar-refractivity contribution is 5.98. The van der Waals surface area contributed by atoms with Gasteiger partial charge in [0.2, 0.25) is 5.91 Å². The van der Waals surface area contributed by atoms with E-state index in [0.29, 0.717) is 18.0 Å². The van der Waals surface area contributed by atoms with Gasteiger partial charge in [0.05, 0.1) is 28.8 Å². The lowest BCUT2D eigenvalue weighted by atomic mass is 9.87. The maximum Gasteiger partial charge on any atom is 0.224 e. The highest BCUT2D eigenvalue weighted by Crippen LogP contribution is 2.33. The molecule has 1 saturated heterocycles. The van der Waals surface area contributed by atoms with Crippen molar-refractivity contribution in [2.24, 2.45) is 5.92 Å². The highest BCUT2D eigenvalue weighted by Gasteiger charge is 2.21. The Balaban J connectivity index is 1.16. The molecule has 0 atom stereocenters. The van der Waals surface area contributed by atoms with Crippen LogP contribution >= 0.6 is 0 Å². The van der Waals surface area contributed by atoms with Crippen molar-refractivity contribution in [3.63, 3.8) is 0 Å². The SMILES string of the molecule is CN1CCN(c2ccnc3[nH]c(-c4n[nH]c5ccc(-c6cncc(NC(=O)CC7CCCCC7)c6)nc45)cc23)CC1. The quantitative estimate of drug-likeness (QED) is 0.266. The van der Waals surface area contributed by atoms with Crippen LogP contribution in [0.5, 0.6) is 0 Å². The number of fused-ring (bicyclic) bond motifs is 2. The summed E-state index contributed by atoms with van der Waals surface area (Å²) in [4.78, 5) is 34.9. The number of piperazine rings is 1. The minimum Gasteiger partial charge on any atom is -0.368 e. The molecule has 1 saturated carbocycles. The molecule has 1 aliphatic carbocycles. The van der Waals surface area contributed by atoms with Gasteiger partial charge >= 0.3 is 0 Å². The lowest BCUT2D eigenvalue weighted by Crippen LogP contribution is -2.44. The van der Waals surface area contributed by atoms with Gasteiger partial charge in [-0.25, -0.2) is 9.97 Å². The van der Waals surface area contributed by atoms with Crippen LogP contribution in [0.4, 0.5) is 11.4 Å². The third-order valence-corrected chi connectivity index (χ3v) is 8.53. The number of nitrogens with zero attached hydrogens (tertiary/aromatic N) is 6. The molecule has 10 heteroatoms. The standard InChI is InChI=1S/C31H35N9O/c1-39-11-13-40(14-12-39)27-9-10-33-31-23(27)17-26(36-31)30-29-25(37-38-30)8-7-24(35-29)21-16-22(19-32-18-21)34-28(41)15-20-5-3-2-4-6-20/h7-10,16-20H,2-6,11-15H2,1H3,(H,33,36)(H,34,41)(H,37,38). The van der Waals surface area contributed by atoms with E-state index in [4.69, 9.17) is 4.98 Å². The van der Waals surface area contributed by atoms with E-state index in [0.717, 1.165) is 83.7 Å². The molecule has 6 heterocycles. The molecular formula is C31H35N9O. The number of nitrogens with one attached hydrogen (secondary N) is 3. The van der Waals surface area contributed by atoms with Gasteiger partial charge in [-0.2, -0.15) is 5.10 Å². The molecule has 2 aliphatic rings. The van der Waals surface area contributed by atoms with Crippen molar-refractivity contribution in [1.82, 2.24) is 35.0 Å². The number of anilines is 2. The first kappa shape index (κ1) is 25.6. The van der Waals surface area contributed by atoms with Gasteiger partial charge in [-0.05, 0) is 56.1 Å². The molecule has 5 aromatic heterocycles. The maximum absolute atomic E-state index is 12.7. The van der Waals surface area contributed by atoms with Gasteiger partial charge in [-0.3, -0.25) is 14.9 Å². The number of H-pyrrole nitrogens is 2. The Morgan fingerprint density at radius 3 is 2.76 bits per heavy atom. The van der Waals surface area contributed by atoms with Gasteiger partial charge in [0.15, 0.2) is 0 Å². The van der Waals surface area contributed by atoms with Crippen molar-refractivity contribution in [2.75, 3.05) is 43.4 Å². The third kappa shape index (κ3) is 5.27. The highest BCUT2D eigenvalue weighted by atomic mass is 16.1. The molecular weight excluding hydrogens is 514 g/mol. The predicted octanol–water partition coefficient (Wildman–Crippen LogP) is 5.22. The van der Waals surface area contributed by atoms with Crippen molar-refractivity contribution in [2.45, 2.75) is 38.5 Å². The molecule has 2 fully saturated rings. The summed E-state index contributed by atoms with van der Waals surface area (Å²) in [6.45, 7) is 4.05. The number of carbonyl (C=O) groups is 1. The minimum atomic E-state index is 0.0553. The molecule has 1 aliphatic heterocycles. The smallest absolute Gasteiger partial charge is 0.224 e. The second-order valence-corrected chi connectivity index (χ2v) is 11.4. The Bertz CT molecular complexity index is 1690. The van der Waals surface area contributed by atoms with Crippen LogP contribution in [0.25, 0.3) is 44.7 Å². The molecule has 0 aromatic carbocycles. The van der Waals surface area contributed by atoms with Crippen LogP contribution < -0.4 is 10.2 Å². The number of hydrogen-bond donors (Lipinski definition) is 3. The fourth-order valence-electron chi connectivity index (χ4n) is 6.22. The minimum absolute atomic E-state index is 0.0553. The van der Waals surface area contributed by atoms with Crippen LogP contribution in [0.2, 0.25) is 0 Å². The maximum atomic E-state index is 12.7. The first-order chi connectivity index (χ1) is 20.1. The number of aromatic nitrogens is 6. The molecule has 1 amide bonds. The number of likely N-dealkylation sites (N-methyl/N-ethyl adjacent to an activating group) is 1. The van der Waals surface area contributed by atoms with E-state index in [1.54, 1.807) is 12.4 Å². The molecule has 210 valence electrons. The average molecular weight is 550 g/mol. The fraction of sp³-hybridized carbons (Fsp3) is 0.387. The van der Waals surface area contributed by atoms with E-state index in [-0.39, 0.29) is 5.91 Å². The van der Waals surface area contributed by atoms with Crippen LogP contribution in [0, 0.1) is 5.92 Å². The first-order valence-electron chi connectivity index (χ1n) is 14.6. The van der Waals surface area contributed by atoms with Crippen LogP contribution in [-0.2, 0) is 4.79 Å². The summed E-state index contributed by atoms with van der Waals surface area (Å²) < 4.78 is 0. The van der Waals surface area contributed by atoms with Crippen LogP contribution in [0.3, 0.4) is 0 Å². The molecule has 5 aromatic rings. The number of carbonyl (C=O) groups excluding carboxylic acids is 1. The molecule has 10 nitrogen and oxygen atoms in total. The van der Waals surface area contributed by atoms with Gasteiger partial charge in [0.25, 0.3) is 0 Å². The summed E-state index contributed by atoms with van der Waals surface area (Å²) in [5.74, 6) is 0.542. The van der Waals surface area contributed by atoms with Gasteiger partial charge in [-0.15, -0.1) is 0 Å². The van der Waals surface area contributed by atoms with Crippen molar-refractivity contribution >= 4 is 39.3 Å². The first-order valence-corrected chi connectivity index (χ1v) is 14.6.